The molecule has 0 saturated heterocycles. The fraction of sp³-hybridized carbons (Fsp3) is 0. The van der Waals surface area contributed by atoms with E-state index in [-0.39, 0.29) is 0 Å². The molecule has 10 aromatic rings. The van der Waals surface area contributed by atoms with E-state index in [1.807, 2.05) is 11.3 Å². The maximum absolute atomic E-state index is 3.64. The van der Waals surface area contributed by atoms with E-state index in [0.717, 1.165) is 11.4 Å². The summed E-state index contributed by atoms with van der Waals surface area (Å²) >= 11 is 1.91. The molecule has 0 radical (unpaired) electrons. The lowest BCUT2D eigenvalue weighted by molar-refractivity contribution is 1.53. The third-order valence-corrected chi connectivity index (χ3v) is 11.4. The zero-order valence-corrected chi connectivity index (χ0v) is 29.2. The molecular weight excluding hydrogens is 647 g/mol. The highest BCUT2D eigenvalue weighted by Crippen LogP contribution is 2.45. The Morgan fingerprint density at radius 2 is 0.731 bits per heavy atom. The quantitative estimate of drug-likeness (QED) is 0.173. The van der Waals surface area contributed by atoms with E-state index in [2.05, 4.69) is 199 Å². The largest absolute Gasteiger partial charge is 0.355 e. The molecule has 0 amide bonds. The van der Waals surface area contributed by atoms with Crippen LogP contribution in [0.5, 0.6) is 0 Å². The molecular formula is C50H33NS. The van der Waals surface area contributed by atoms with Crippen LogP contribution in [-0.2, 0) is 0 Å². The number of hydrogen-bond donors (Lipinski definition) is 1. The Morgan fingerprint density at radius 1 is 0.288 bits per heavy atom. The minimum Gasteiger partial charge on any atom is -0.355 e. The van der Waals surface area contributed by atoms with Gasteiger partial charge >= 0.3 is 0 Å². The molecule has 1 N–H and O–H groups in total. The topological polar surface area (TPSA) is 12.0 Å². The van der Waals surface area contributed by atoms with Crippen molar-refractivity contribution < 1.29 is 0 Å². The first-order chi connectivity index (χ1) is 25.7. The number of anilines is 2. The molecule has 0 atom stereocenters. The average Bonchev–Trinajstić information content (AvgIpc) is 3.61. The predicted molar refractivity (Wildman–Crippen MR) is 226 cm³/mol. The van der Waals surface area contributed by atoms with Gasteiger partial charge in [0, 0.05) is 36.9 Å². The summed E-state index contributed by atoms with van der Waals surface area (Å²) in [5.41, 5.74) is 11.8. The smallest absolute Gasteiger partial charge is 0.0440 e. The Balaban J connectivity index is 0.970. The molecule has 1 heterocycles. The van der Waals surface area contributed by atoms with Crippen molar-refractivity contribution >= 4 is 64.4 Å². The zero-order chi connectivity index (χ0) is 34.4. The molecule has 0 bridgehead atoms. The maximum atomic E-state index is 3.64. The van der Waals surface area contributed by atoms with Crippen LogP contribution in [0.1, 0.15) is 0 Å². The van der Waals surface area contributed by atoms with Gasteiger partial charge in [0.25, 0.3) is 0 Å². The second-order valence-corrected chi connectivity index (χ2v) is 14.5. The average molecular weight is 680 g/mol. The number of benzene rings is 9. The van der Waals surface area contributed by atoms with Gasteiger partial charge in [0.05, 0.1) is 0 Å². The number of thiophene rings is 1. The SMILES string of the molecule is c1ccc(-c2cccc(Nc3cccc(-c4cccc(-c5cccc(-c6ccc7c(c6)sc6c8ccccc8c8ccccc8c76)c5)c4)c3)c2)cc1. The summed E-state index contributed by atoms with van der Waals surface area (Å²) in [6.45, 7) is 0. The lowest BCUT2D eigenvalue weighted by atomic mass is 9.95. The van der Waals surface area contributed by atoms with Crippen molar-refractivity contribution in [2.75, 3.05) is 5.32 Å². The highest BCUT2D eigenvalue weighted by Gasteiger charge is 2.15. The summed E-state index contributed by atoms with van der Waals surface area (Å²) in [5, 5.41) is 11.6. The van der Waals surface area contributed by atoms with Gasteiger partial charge in [0.2, 0.25) is 0 Å². The van der Waals surface area contributed by atoms with Crippen LogP contribution >= 0.6 is 11.3 Å². The predicted octanol–water partition coefficient (Wildman–Crippen LogP) is 14.8. The summed E-state index contributed by atoms with van der Waals surface area (Å²) in [5.74, 6) is 0. The van der Waals surface area contributed by atoms with Crippen molar-refractivity contribution in [1.29, 1.82) is 0 Å². The van der Waals surface area contributed by atoms with E-state index >= 15 is 0 Å². The summed E-state index contributed by atoms with van der Waals surface area (Å²) in [4.78, 5) is 0. The first kappa shape index (κ1) is 30.4. The minimum absolute atomic E-state index is 1.06. The second kappa shape index (κ2) is 12.7. The highest BCUT2D eigenvalue weighted by molar-refractivity contribution is 7.27. The summed E-state index contributed by atoms with van der Waals surface area (Å²) in [7, 11) is 0. The number of fused-ring (bicyclic) bond motifs is 8. The van der Waals surface area contributed by atoms with E-state index in [1.165, 1.54) is 86.2 Å². The Morgan fingerprint density at radius 3 is 1.35 bits per heavy atom. The van der Waals surface area contributed by atoms with Gasteiger partial charge in [0.1, 0.15) is 0 Å². The molecule has 2 heteroatoms. The maximum Gasteiger partial charge on any atom is 0.0440 e. The van der Waals surface area contributed by atoms with E-state index in [9.17, 15) is 0 Å². The standard InChI is InChI=1S/C50H33NS/c1-2-12-33(13-3-1)38-18-10-20-41(30-38)51-42-21-11-19-39(31-42)36-16-8-14-34(28-36)35-15-9-17-37(29-35)40-26-27-47-48(32-40)52-50-46-25-7-5-23-44(46)43-22-4-6-24-45(43)49(47)50/h1-32,51H. The number of hydrogen-bond acceptors (Lipinski definition) is 2. The van der Waals surface area contributed by atoms with Crippen molar-refractivity contribution in [3.8, 4) is 44.5 Å². The first-order valence-electron chi connectivity index (χ1n) is 17.7. The van der Waals surface area contributed by atoms with Gasteiger partial charge in [-0.05, 0) is 103 Å². The van der Waals surface area contributed by atoms with Gasteiger partial charge < -0.3 is 5.32 Å². The Bertz CT molecular complexity index is 2940. The van der Waals surface area contributed by atoms with E-state index < -0.39 is 0 Å². The molecule has 0 aliphatic carbocycles. The van der Waals surface area contributed by atoms with Crippen LogP contribution in [0.2, 0.25) is 0 Å². The van der Waals surface area contributed by atoms with E-state index in [1.54, 1.807) is 0 Å². The monoisotopic (exact) mass is 679 g/mol. The van der Waals surface area contributed by atoms with Crippen molar-refractivity contribution in [3.63, 3.8) is 0 Å². The van der Waals surface area contributed by atoms with Crippen LogP contribution in [0.4, 0.5) is 11.4 Å². The van der Waals surface area contributed by atoms with Gasteiger partial charge in [-0.2, -0.15) is 0 Å². The summed E-state index contributed by atoms with van der Waals surface area (Å²) in [6.07, 6.45) is 0. The molecule has 1 nitrogen and oxygen atoms in total. The van der Waals surface area contributed by atoms with E-state index in [0.29, 0.717) is 0 Å². The highest BCUT2D eigenvalue weighted by atomic mass is 32.1. The van der Waals surface area contributed by atoms with Gasteiger partial charge in [-0.25, -0.2) is 0 Å². The Hall–Kier alpha value is -6.48. The molecule has 0 aliphatic heterocycles. The molecule has 0 spiro atoms. The van der Waals surface area contributed by atoms with Crippen molar-refractivity contribution in [2.45, 2.75) is 0 Å². The molecule has 0 aliphatic rings. The lowest BCUT2D eigenvalue weighted by Crippen LogP contribution is -1.91. The summed E-state index contributed by atoms with van der Waals surface area (Å²) in [6, 6.07) is 70.3. The normalized spacial score (nSPS) is 11.5. The van der Waals surface area contributed by atoms with Crippen molar-refractivity contribution in [1.82, 2.24) is 0 Å². The summed E-state index contributed by atoms with van der Waals surface area (Å²) < 4.78 is 2.69. The van der Waals surface area contributed by atoms with Crippen LogP contribution in [0, 0.1) is 0 Å². The molecule has 0 fully saturated rings. The van der Waals surface area contributed by atoms with Crippen LogP contribution < -0.4 is 5.32 Å². The van der Waals surface area contributed by atoms with Crippen molar-refractivity contribution in [3.05, 3.63) is 194 Å². The number of rotatable bonds is 6. The third kappa shape index (κ3) is 5.42. The molecule has 9 aromatic carbocycles. The molecule has 0 unspecified atom stereocenters. The van der Waals surface area contributed by atoms with E-state index in [4.69, 9.17) is 0 Å². The molecule has 0 saturated carbocycles. The number of nitrogens with one attached hydrogen (secondary N) is 1. The zero-order valence-electron chi connectivity index (χ0n) is 28.4. The molecule has 52 heavy (non-hydrogen) atoms. The fourth-order valence-electron chi connectivity index (χ4n) is 7.69. The van der Waals surface area contributed by atoms with Gasteiger partial charge in [-0.3, -0.25) is 0 Å². The molecule has 244 valence electrons. The van der Waals surface area contributed by atoms with Gasteiger partial charge in [-0.1, -0.05) is 152 Å². The lowest BCUT2D eigenvalue weighted by Gasteiger charge is -2.12. The first-order valence-corrected chi connectivity index (χ1v) is 18.6. The van der Waals surface area contributed by atoms with Crippen LogP contribution in [0.3, 0.4) is 0 Å². The Labute approximate surface area is 307 Å². The van der Waals surface area contributed by atoms with Gasteiger partial charge in [-0.15, -0.1) is 11.3 Å². The fourth-order valence-corrected chi connectivity index (χ4v) is 8.99. The third-order valence-electron chi connectivity index (χ3n) is 10.2. The molecule has 1 aromatic heterocycles. The van der Waals surface area contributed by atoms with Crippen LogP contribution in [-0.4, -0.2) is 0 Å². The minimum atomic E-state index is 1.06. The molecule has 10 rings (SSSR count). The second-order valence-electron chi connectivity index (χ2n) is 13.4. The van der Waals surface area contributed by atoms with Gasteiger partial charge in [0.15, 0.2) is 0 Å². The Kier molecular flexibility index (Phi) is 7.41. The van der Waals surface area contributed by atoms with Crippen LogP contribution in [0.15, 0.2) is 194 Å². The van der Waals surface area contributed by atoms with Crippen molar-refractivity contribution in [2.24, 2.45) is 0 Å². The van der Waals surface area contributed by atoms with Crippen LogP contribution in [0.25, 0.3) is 86.2 Å².